The molecule has 1 aromatic heterocycles. The quantitative estimate of drug-likeness (QED) is 0.736. The lowest BCUT2D eigenvalue weighted by Gasteiger charge is -1.99. The van der Waals surface area contributed by atoms with Crippen LogP contribution in [0.25, 0.3) is 0 Å². The second-order valence-corrected chi connectivity index (χ2v) is 5.94. The second-order valence-electron chi connectivity index (χ2n) is 3.69. The first-order valence-corrected chi connectivity index (χ1v) is 7.28. The van der Waals surface area contributed by atoms with Gasteiger partial charge in [0, 0.05) is 35.2 Å². The van der Waals surface area contributed by atoms with E-state index >= 15 is 0 Å². The van der Waals surface area contributed by atoms with E-state index in [1.807, 2.05) is 24.3 Å². The Kier molecular flexibility index (Phi) is 3.75. The molecule has 1 aromatic carbocycles. The minimum absolute atomic E-state index is 0.686. The van der Waals surface area contributed by atoms with Gasteiger partial charge in [-0.1, -0.05) is 18.2 Å². The van der Waals surface area contributed by atoms with Crippen molar-refractivity contribution in [1.29, 1.82) is 0 Å². The maximum atomic E-state index is 12.3. The van der Waals surface area contributed by atoms with E-state index in [1.165, 1.54) is 0 Å². The zero-order valence-corrected chi connectivity index (χ0v) is 10.7. The van der Waals surface area contributed by atoms with Crippen LogP contribution in [0.2, 0.25) is 0 Å². The standard InChI is InChI=1S/C14H12N2OS/c1-18(17,14-7-3-2-4-8-14)16-11-9-13-6-5-10-15-12-13/h2-8,10,12H,1H3. The fourth-order valence-corrected chi connectivity index (χ4v) is 2.32. The van der Waals surface area contributed by atoms with Crippen molar-refractivity contribution >= 4 is 9.73 Å². The minimum atomic E-state index is -2.45. The van der Waals surface area contributed by atoms with Crippen molar-refractivity contribution in [2.75, 3.05) is 6.26 Å². The molecule has 2 rings (SSSR count). The number of nitrogens with zero attached hydrogens (tertiary/aromatic N) is 2. The van der Waals surface area contributed by atoms with Gasteiger partial charge >= 0.3 is 0 Å². The molecule has 1 heterocycles. The van der Waals surface area contributed by atoms with Gasteiger partial charge in [0.1, 0.15) is 0 Å². The summed E-state index contributed by atoms with van der Waals surface area (Å²) in [6.45, 7) is 0. The third-order valence-corrected chi connectivity index (χ3v) is 3.85. The Morgan fingerprint density at radius 3 is 2.61 bits per heavy atom. The summed E-state index contributed by atoms with van der Waals surface area (Å²) in [4.78, 5) is 4.63. The zero-order valence-electron chi connectivity index (χ0n) is 9.91. The van der Waals surface area contributed by atoms with Crippen molar-refractivity contribution in [3.05, 3.63) is 60.4 Å². The van der Waals surface area contributed by atoms with Crippen LogP contribution in [0.4, 0.5) is 0 Å². The lowest BCUT2D eigenvalue weighted by atomic mass is 10.3. The predicted octanol–water partition coefficient (Wildman–Crippen LogP) is 2.55. The largest absolute Gasteiger partial charge is 0.263 e. The van der Waals surface area contributed by atoms with Gasteiger partial charge in [0.2, 0.25) is 0 Å². The average molecular weight is 256 g/mol. The molecule has 0 saturated heterocycles. The van der Waals surface area contributed by atoms with E-state index < -0.39 is 9.73 Å². The number of hydrogen-bond donors (Lipinski definition) is 0. The SMILES string of the molecule is CS(=O)(=NC#Cc1cccnc1)c1ccccc1. The third-order valence-electron chi connectivity index (χ3n) is 2.26. The highest BCUT2D eigenvalue weighted by atomic mass is 32.2. The molecule has 0 aliphatic carbocycles. The van der Waals surface area contributed by atoms with Crippen molar-refractivity contribution in [3.63, 3.8) is 0 Å². The van der Waals surface area contributed by atoms with Gasteiger partial charge < -0.3 is 0 Å². The predicted molar refractivity (Wildman–Crippen MR) is 72.3 cm³/mol. The zero-order chi connectivity index (χ0) is 12.8. The Balaban J connectivity index is 2.30. The molecule has 0 aliphatic rings. The lowest BCUT2D eigenvalue weighted by Crippen LogP contribution is -1.95. The molecule has 0 bridgehead atoms. The van der Waals surface area contributed by atoms with Crippen LogP contribution in [0.1, 0.15) is 5.56 Å². The van der Waals surface area contributed by atoms with Crippen LogP contribution in [0.15, 0.2) is 64.1 Å². The van der Waals surface area contributed by atoms with E-state index in [2.05, 4.69) is 21.3 Å². The highest BCUT2D eigenvalue weighted by Crippen LogP contribution is 2.09. The molecule has 2 aromatic rings. The normalized spacial score (nSPS) is 12.9. The van der Waals surface area contributed by atoms with Gasteiger partial charge in [-0.25, -0.2) is 4.21 Å². The Morgan fingerprint density at radius 1 is 1.17 bits per heavy atom. The molecular formula is C14H12N2OS. The minimum Gasteiger partial charge on any atom is -0.263 e. The van der Waals surface area contributed by atoms with Crippen molar-refractivity contribution in [3.8, 4) is 12.0 Å². The number of aromatic nitrogens is 1. The Hall–Kier alpha value is -2.12. The van der Waals surface area contributed by atoms with E-state index in [0.29, 0.717) is 4.90 Å². The molecule has 0 amide bonds. The summed E-state index contributed by atoms with van der Waals surface area (Å²) in [5, 5.41) is 0. The molecular weight excluding hydrogens is 244 g/mol. The van der Waals surface area contributed by atoms with Crippen LogP contribution in [0, 0.1) is 12.0 Å². The van der Waals surface area contributed by atoms with Gasteiger partial charge in [-0.3, -0.25) is 4.98 Å². The van der Waals surface area contributed by atoms with Gasteiger partial charge in [0.05, 0.1) is 9.73 Å². The smallest absolute Gasteiger partial charge is 0.0854 e. The number of hydrogen-bond acceptors (Lipinski definition) is 3. The van der Waals surface area contributed by atoms with Crippen LogP contribution < -0.4 is 0 Å². The molecule has 4 heteroatoms. The van der Waals surface area contributed by atoms with Crippen LogP contribution in [0.5, 0.6) is 0 Å². The van der Waals surface area contributed by atoms with Gasteiger partial charge in [-0.05, 0) is 30.2 Å². The first-order valence-electron chi connectivity index (χ1n) is 5.36. The molecule has 1 atom stereocenters. The summed E-state index contributed by atoms with van der Waals surface area (Å²) >= 11 is 0. The number of benzene rings is 1. The van der Waals surface area contributed by atoms with E-state index in [4.69, 9.17) is 0 Å². The topological polar surface area (TPSA) is 42.3 Å². The van der Waals surface area contributed by atoms with Crippen LogP contribution >= 0.6 is 0 Å². The summed E-state index contributed by atoms with van der Waals surface area (Å²) in [7, 11) is -2.45. The Labute approximate surface area is 107 Å². The summed E-state index contributed by atoms with van der Waals surface area (Å²) in [5.41, 5.74) is 0.754. The van der Waals surface area contributed by atoms with Gasteiger partial charge in [0.25, 0.3) is 0 Å². The van der Waals surface area contributed by atoms with Gasteiger partial charge in [-0.2, -0.15) is 0 Å². The lowest BCUT2D eigenvalue weighted by molar-refractivity contribution is 0.681. The third kappa shape index (κ3) is 3.19. The Bertz CT molecular complexity index is 691. The maximum Gasteiger partial charge on any atom is 0.0854 e. The fourth-order valence-electron chi connectivity index (χ4n) is 1.34. The van der Waals surface area contributed by atoms with Gasteiger partial charge in [0.15, 0.2) is 0 Å². The highest BCUT2D eigenvalue weighted by Gasteiger charge is 2.02. The van der Waals surface area contributed by atoms with Crippen molar-refractivity contribution < 1.29 is 4.21 Å². The van der Waals surface area contributed by atoms with Crippen LogP contribution in [-0.4, -0.2) is 15.4 Å². The summed E-state index contributed by atoms with van der Waals surface area (Å²) in [6, 6.07) is 15.4. The summed E-state index contributed by atoms with van der Waals surface area (Å²) in [6.07, 6.45) is 4.90. The molecule has 0 saturated carbocycles. The average Bonchev–Trinajstić information content (AvgIpc) is 2.41. The first-order chi connectivity index (χ1) is 8.68. The molecule has 0 fully saturated rings. The molecule has 0 spiro atoms. The van der Waals surface area contributed by atoms with Crippen molar-refractivity contribution in [2.45, 2.75) is 4.90 Å². The monoisotopic (exact) mass is 256 g/mol. The molecule has 3 nitrogen and oxygen atoms in total. The number of pyridine rings is 1. The molecule has 90 valence electrons. The maximum absolute atomic E-state index is 12.3. The molecule has 1 unspecified atom stereocenters. The number of rotatable bonds is 1. The summed E-state index contributed by atoms with van der Waals surface area (Å²) in [5.74, 6) is 2.81. The Morgan fingerprint density at radius 2 is 1.94 bits per heavy atom. The molecule has 18 heavy (non-hydrogen) atoms. The first kappa shape index (κ1) is 12.3. The van der Waals surface area contributed by atoms with Crippen molar-refractivity contribution in [2.24, 2.45) is 4.36 Å². The molecule has 0 aliphatic heterocycles. The fraction of sp³-hybridized carbons (Fsp3) is 0.0714. The van der Waals surface area contributed by atoms with Crippen LogP contribution in [0.3, 0.4) is 0 Å². The van der Waals surface area contributed by atoms with E-state index in [-0.39, 0.29) is 0 Å². The van der Waals surface area contributed by atoms with Gasteiger partial charge in [-0.15, -0.1) is 4.36 Å². The molecule has 0 radical (unpaired) electrons. The molecule has 0 N–H and O–H groups in total. The van der Waals surface area contributed by atoms with E-state index in [0.717, 1.165) is 5.56 Å². The second kappa shape index (κ2) is 5.48. The van der Waals surface area contributed by atoms with E-state index in [1.54, 1.807) is 36.8 Å². The highest BCUT2D eigenvalue weighted by molar-refractivity contribution is 7.93. The van der Waals surface area contributed by atoms with Crippen molar-refractivity contribution in [1.82, 2.24) is 4.98 Å². The van der Waals surface area contributed by atoms with Crippen LogP contribution in [-0.2, 0) is 9.73 Å². The summed E-state index contributed by atoms with van der Waals surface area (Å²) < 4.78 is 16.3. The van der Waals surface area contributed by atoms with E-state index in [9.17, 15) is 4.21 Å².